The molecule has 1 aliphatic heterocycles. The molecule has 1 aliphatic rings. The molecule has 92 valence electrons. The van der Waals surface area contributed by atoms with Gasteiger partial charge in [0, 0.05) is 19.0 Å². The van der Waals surface area contributed by atoms with Crippen LogP contribution in [0.3, 0.4) is 0 Å². The minimum absolute atomic E-state index is 0.302. The van der Waals surface area contributed by atoms with Gasteiger partial charge in [0.1, 0.15) is 11.9 Å². The molecule has 2 rings (SSSR count). The fourth-order valence-corrected chi connectivity index (χ4v) is 2.37. The van der Waals surface area contributed by atoms with Gasteiger partial charge >= 0.3 is 6.03 Å². The molecule has 1 aromatic rings. The van der Waals surface area contributed by atoms with E-state index in [1.807, 2.05) is 12.3 Å². The van der Waals surface area contributed by atoms with E-state index in [0.29, 0.717) is 19.0 Å². The van der Waals surface area contributed by atoms with Crippen LogP contribution >= 0.6 is 11.3 Å². The summed E-state index contributed by atoms with van der Waals surface area (Å²) in [5.74, 6) is 0.302. The van der Waals surface area contributed by atoms with Crippen molar-refractivity contribution in [2.24, 2.45) is 10.7 Å². The van der Waals surface area contributed by atoms with Crippen molar-refractivity contribution < 1.29 is 9.53 Å². The van der Waals surface area contributed by atoms with Gasteiger partial charge in [0.15, 0.2) is 0 Å². The Labute approximate surface area is 103 Å². The zero-order valence-electron chi connectivity index (χ0n) is 9.71. The van der Waals surface area contributed by atoms with Crippen LogP contribution in [0, 0.1) is 6.92 Å². The zero-order chi connectivity index (χ0) is 12.4. The van der Waals surface area contributed by atoms with Crippen LogP contribution in [0.5, 0.6) is 0 Å². The highest BCUT2D eigenvalue weighted by molar-refractivity contribution is 7.09. The maximum atomic E-state index is 11.7. The highest BCUT2D eigenvalue weighted by Gasteiger charge is 2.35. The number of hydrogen-bond acceptors (Lipinski definition) is 5. The molecule has 2 N–H and O–H groups in total. The summed E-state index contributed by atoms with van der Waals surface area (Å²) >= 11 is 1.53. The highest BCUT2D eigenvalue weighted by Crippen LogP contribution is 2.27. The molecule has 2 heterocycles. The van der Waals surface area contributed by atoms with Crippen LogP contribution < -0.4 is 5.73 Å². The summed E-state index contributed by atoms with van der Waals surface area (Å²) in [6.07, 6.45) is 0. The zero-order valence-corrected chi connectivity index (χ0v) is 10.5. The number of carbonyl (C=O) groups excluding carboxylic acids is 1. The van der Waals surface area contributed by atoms with Crippen LogP contribution in [0.4, 0.5) is 4.79 Å². The van der Waals surface area contributed by atoms with Gasteiger partial charge in [-0.2, -0.15) is 4.99 Å². The van der Waals surface area contributed by atoms with Gasteiger partial charge in [0.2, 0.25) is 0 Å². The number of urea groups is 1. The number of nitrogens with two attached hydrogens (primary N) is 1. The maximum absolute atomic E-state index is 11.7. The number of thiazole rings is 1. The average molecular weight is 254 g/mol. The second-order valence-electron chi connectivity index (χ2n) is 3.70. The van der Waals surface area contributed by atoms with Crippen LogP contribution in [0.25, 0.3) is 0 Å². The van der Waals surface area contributed by atoms with E-state index in [1.54, 1.807) is 12.0 Å². The Hall–Kier alpha value is -1.47. The molecule has 0 saturated carbocycles. The molecule has 17 heavy (non-hydrogen) atoms. The van der Waals surface area contributed by atoms with E-state index in [2.05, 4.69) is 9.98 Å². The predicted molar refractivity (Wildman–Crippen MR) is 65.2 cm³/mol. The SMILES string of the molecule is COCCN1C(=O)N=C(N)C1c1csc(C)n1. The highest BCUT2D eigenvalue weighted by atomic mass is 32.1. The Bertz CT molecular complexity index is 457. The second-order valence-corrected chi connectivity index (χ2v) is 4.76. The number of aryl methyl sites for hydroxylation is 1. The molecule has 7 heteroatoms. The van der Waals surface area contributed by atoms with Gasteiger partial charge in [-0.3, -0.25) is 0 Å². The van der Waals surface area contributed by atoms with E-state index >= 15 is 0 Å². The molecule has 0 fully saturated rings. The summed E-state index contributed by atoms with van der Waals surface area (Å²) in [5.41, 5.74) is 6.56. The largest absolute Gasteiger partial charge is 0.385 e. The van der Waals surface area contributed by atoms with Crippen LogP contribution in [0.2, 0.25) is 0 Å². The quantitative estimate of drug-likeness (QED) is 0.866. The lowest BCUT2D eigenvalue weighted by atomic mass is 10.2. The van der Waals surface area contributed by atoms with E-state index < -0.39 is 0 Å². The molecule has 1 aromatic heterocycles. The van der Waals surface area contributed by atoms with E-state index in [1.165, 1.54) is 11.3 Å². The van der Waals surface area contributed by atoms with Crippen molar-refractivity contribution in [1.82, 2.24) is 9.88 Å². The number of methoxy groups -OCH3 is 1. The molecule has 0 bridgehead atoms. The third-order valence-corrected chi connectivity index (χ3v) is 3.31. The lowest BCUT2D eigenvalue weighted by Crippen LogP contribution is -2.35. The van der Waals surface area contributed by atoms with Crippen molar-refractivity contribution >= 4 is 23.2 Å². The number of rotatable bonds is 4. The Balaban J connectivity index is 2.23. The topological polar surface area (TPSA) is 80.8 Å². The first-order valence-electron chi connectivity index (χ1n) is 5.19. The van der Waals surface area contributed by atoms with Crippen molar-refractivity contribution in [1.29, 1.82) is 0 Å². The summed E-state index contributed by atoms with van der Waals surface area (Å²) in [6, 6.07) is -0.669. The summed E-state index contributed by atoms with van der Waals surface area (Å²) in [4.78, 5) is 21.4. The van der Waals surface area contributed by atoms with E-state index in [-0.39, 0.29) is 12.1 Å². The van der Waals surface area contributed by atoms with Gasteiger partial charge in [-0.05, 0) is 6.92 Å². The number of amides is 2. The fourth-order valence-electron chi connectivity index (χ4n) is 1.74. The van der Waals surface area contributed by atoms with Gasteiger partial charge in [-0.15, -0.1) is 11.3 Å². The van der Waals surface area contributed by atoms with Gasteiger partial charge in [0.05, 0.1) is 17.3 Å². The first-order chi connectivity index (χ1) is 8.13. The third kappa shape index (κ3) is 2.29. The molecule has 6 nitrogen and oxygen atoms in total. The van der Waals surface area contributed by atoms with Crippen molar-refractivity contribution in [3.05, 3.63) is 16.1 Å². The van der Waals surface area contributed by atoms with Gasteiger partial charge < -0.3 is 15.4 Å². The molecular weight excluding hydrogens is 240 g/mol. The molecule has 1 unspecified atom stereocenters. The molecular formula is C10H14N4O2S. The lowest BCUT2D eigenvalue weighted by molar-refractivity contribution is 0.150. The summed E-state index contributed by atoms with van der Waals surface area (Å²) in [5, 5.41) is 2.85. The molecule has 1 atom stereocenters. The second kappa shape index (κ2) is 4.80. The molecule has 0 radical (unpaired) electrons. The first kappa shape index (κ1) is 12.0. The Kier molecular flexibility index (Phi) is 3.39. The summed E-state index contributed by atoms with van der Waals surface area (Å²) in [7, 11) is 1.59. The van der Waals surface area contributed by atoms with E-state index in [4.69, 9.17) is 10.5 Å². The standard InChI is InChI=1S/C10H14N4O2S/c1-6-12-7(5-17-6)8-9(11)13-10(15)14(8)3-4-16-2/h5,8H,3-4H2,1-2H3,(H2,11,13,15). The van der Waals surface area contributed by atoms with E-state index in [9.17, 15) is 4.79 Å². The van der Waals surface area contributed by atoms with Gasteiger partial charge in [-0.1, -0.05) is 0 Å². The minimum Gasteiger partial charge on any atom is -0.385 e. The van der Waals surface area contributed by atoms with E-state index in [0.717, 1.165) is 10.7 Å². The molecule has 2 amide bonds. The number of nitrogens with zero attached hydrogens (tertiary/aromatic N) is 3. The normalized spacial score (nSPS) is 19.9. The minimum atomic E-state index is -0.345. The third-order valence-electron chi connectivity index (χ3n) is 2.52. The Morgan fingerprint density at radius 3 is 3.00 bits per heavy atom. The molecule has 0 aliphatic carbocycles. The van der Waals surface area contributed by atoms with Gasteiger partial charge in [0.25, 0.3) is 0 Å². The number of aliphatic imine (C=N–C) groups is 1. The van der Waals surface area contributed by atoms with Crippen molar-refractivity contribution in [3.63, 3.8) is 0 Å². The summed E-state index contributed by atoms with van der Waals surface area (Å²) < 4.78 is 4.97. The number of amidine groups is 1. The Morgan fingerprint density at radius 1 is 1.65 bits per heavy atom. The van der Waals surface area contributed by atoms with Crippen LogP contribution in [0.1, 0.15) is 16.7 Å². The van der Waals surface area contributed by atoms with Crippen molar-refractivity contribution in [2.45, 2.75) is 13.0 Å². The number of ether oxygens (including phenoxy) is 1. The maximum Gasteiger partial charge on any atom is 0.346 e. The predicted octanol–water partition coefficient (Wildman–Crippen LogP) is 0.932. The number of hydrogen-bond donors (Lipinski definition) is 1. The van der Waals surface area contributed by atoms with Crippen LogP contribution in [0.15, 0.2) is 10.4 Å². The van der Waals surface area contributed by atoms with Crippen LogP contribution in [-0.2, 0) is 4.74 Å². The number of carbonyl (C=O) groups is 1. The molecule has 0 spiro atoms. The monoisotopic (exact) mass is 254 g/mol. The first-order valence-corrected chi connectivity index (χ1v) is 6.07. The summed E-state index contributed by atoms with van der Waals surface area (Å²) in [6.45, 7) is 2.83. The molecule has 0 saturated heterocycles. The van der Waals surface area contributed by atoms with Crippen molar-refractivity contribution in [2.75, 3.05) is 20.3 Å². The van der Waals surface area contributed by atoms with Crippen molar-refractivity contribution in [3.8, 4) is 0 Å². The Morgan fingerprint density at radius 2 is 2.41 bits per heavy atom. The lowest BCUT2D eigenvalue weighted by Gasteiger charge is -2.22. The molecule has 0 aromatic carbocycles. The smallest absolute Gasteiger partial charge is 0.346 e. The number of aromatic nitrogens is 1. The van der Waals surface area contributed by atoms with Crippen LogP contribution in [-0.4, -0.2) is 42.0 Å². The average Bonchev–Trinajstić information content (AvgIpc) is 2.80. The fraction of sp³-hybridized carbons (Fsp3) is 0.500. The van der Waals surface area contributed by atoms with Gasteiger partial charge in [-0.25, -0.2) is 9.78 Å².